The standard InChI is InChI=1S/C18H21ClN2O2S/c1-12(15-9-10-16(19)24-15)20-21-17(22)11-23-14-7-5-13(6-8-14)18(2,3)4/h5-10H,11H2,1-4H3,(H,21,22)/b20-12-. The van der Waals surface area contributed by atoms with E-state index in [1.54, 1.807) is 6.07 Å². The maximum Gasteiger partial charge on any atom is 0.277 e. The lowest BCUT2D eigenvalue weighted by molar-refractivity contribution is -0.123. The molecular weight excluding hydrogens is 344 g/mol. The van der Waals surface area contributed by atoms with Gasteiger partial charge in [0.05, 0.1) is 14.9 Å². The van der Waals surface area contributed by atoms with Crippen LogP contribution >= 0.6 is 22.9 Å². The van der Waals surface area contributed by atoms with Crippen LogP contribution in [0.4, 0.5) is 0 Å². The van der Waals surface area contributed by atoms with E-state index in [9.17, 15) is 4.79 Å². The average molecular weight is 365 g/mol. The van der Waals surface area contributed by atoms with E-state index in [2.05, 4.69) is 31.3 Å². The van der Waals surface area contributed by atoms with Crippen molar-refractivity contribution >= 4 is 34.6 Å². The van der Waals surface area contributed by atoms with E-state index in [-0.39, 0.29) is 17.9 Å². The van der Waals surface area contributed by atoms with E-state index in [0.29, 0.717) is 15.8 Å². The fourth-order valence-electron chi connectivity index (χ4n) is 1.94. The van der Waals surface area contributed by atoms with Crippen LogP contribution in [-0.4, -0.2) is 18.2 Å². The Bertz CT molecular complexity index is 730. The number of carbonyl (C=O) groups is 1. The van der Waals surface area contributed by atoms with Crippen LogP contribution in [-0.2, 0) is 10.2 Å². The van der Waals surface area contributed by atoms with Crippen molar-refractivity contribution in [1.82, 2.24) is 5.43 Å². The van der Waals surface area contributed by atoms with Crippen LogP contribution in [0.15, 0.2) is 41.5 Å². The van der Waals surface area contributed by atoms with Crippen LogP contribution in [0.5, 0.6) is 5.75 Å². The van der Waals surface area contributed by atoms with E-state index < -0.39 is 0 Å². The average Bonchev–Trinajstić information content (AvgIpc) is 2.96. The molecule has 0 spiro atoms. The first kappa shape index (κ1) is 18.5. The van der Waals surface area contributed by atoms with Gasteiger partial charge in [0, 0.05) is 0 Å². The summed E-state index contributed by atoms with van der Waals surface area (Å²) >= 11 is 7.29. The Kier molecular flexibility index (Phi) is 6.02. The fourth-order valence-corrected chi connectivity index (χ4v) is 2.93. The summed E-state index contributed by atoms with van der Waals surface area (Å²) in [5.41, 5.74) is 4.49. The quantitative estimate of drug-likeness (QED) is 0.621. The third-order valence-corrected chi connectivity index (χ3v) is 4.71. The largest absolute Gasteiger partial charge is 0.484 e. The van der Waals surface area contributed by atoms with Gasteiger partial charge in [-0.2, -0.15) is 5.10 Å². The molecule has 2 rings (SSSR count). The van der Waals surface area contributed by atoms with Crippen LogP contribution in [0.25, 0.3) is 0 Å². The lowest BCUT2D eigenvalue weighted by Gasteiger charge is -2.19. The zero-order valence-corrected chi connectivity index (χ0v) is 15.8. The molecule has 0 saturated carbocycles. The molecule has 0 radical (unpaired) electrons. The molecule has 1 amide bonds. The van der Waals surface area contributed by atoms with Crippen molar-refractivity contribution in [1.29, 1.82) is 0 Å². The van der Waals surface area contributed by atoms with Crippen molar-refractivity contribution in [3.8, 4) is 5.75 Å². The van der Waals surface area contributed by atoms with Crippen molar-refractivity contribution in [2.75, 3.05) is 6.61 Å². The van der Waals surface area contributed by atoms with E-state index in [1.807, 2.05) is 37.3 Å². The first-order valence-electron chi connectivity index (χ1n) is 7.58. The lowest BCUT2D eigenvalue weighted by atomic mass is 9.87. The van der Waals surface area contributed by atoms with Crippen molar-refractivity contribution < 1.29 is 9.53 Å². The van der Waals surface area contributed by atoms with Crippen LogP contribution in [0, 0.1) is 0 Å². The first-order valence-corrected chi connectivity index (χ1v) is 8.77. The van der Waals surface area contributed by atoms with E-state index in [4.69, 9.17) is 16.3 Å². The van der Waals surface area contributed by atoms with Crippen molar-refractivity contribution in [3.05, 3.63) is 51.2 Å². The van der Waals surface area contributed by atoms with Gasteiger partial charge in [-0.15, -0.1) is 11.3 Å². The number of hydrogen-bond donors (Lipinski definition) is 1. The first-order chi connectivity index (χ1) is 11.3. The maximum absolute atomic E-state index is 11.8. The Balaban J connectivity index is 1.85. The van der Waals surface area contributed by atoms with Gasteiger partial charge >= 0.3 is 0 Å². The van der Waals surface area contributed by atoms with Gasteiger partial charge in [0.2, 0.25) is 0 Å². The highest BCUT2D eigenvalue weighted by Gasteiger charge is 2.13. The molecule has 4 nitrogen and oxygen atoms in total. The predicted octanol–water partition coefficient (Wildman–Crippen LogP) is 4.62. The summed E-state index contributed by atoms with van der Waals surface area (Å²) in [6.45, 7) is 8.18. The third kappa shape index (κ3) is 5.35. The summed E-state index contributed by atoms with van der Waals surface area (Å²) in [6.07, 6.45) is 0. The Hall–Kier alpha value is -1.85. The lowest BCUT2D eigenvalue weighted by Crippen LogP contribution is -2.25. The number of amides is 1. The minimum Gasteiger partial charge on any atom is -0.484 e. The number of hydrogen-bond acceptors (Lipinski definition) is 4. The molecule has 0 aliphatic heterocycles. The summed E-state index contributed by atoms with van der Waals surface area (Å²) in [7, 11) is 0. The van der Waals surface area contributed by atoms with Gasteiger partial charge in [0.15, 0.2) is 6.61 Å². The topological polar surface area (TPSA) is 50.7 Å². The molecule has 2 aromatic rings. The molecule has 1 aromatic heterocycles. The van der Waals surface area contributed by atoms with Crippen LogP contribution in [0.2, 0.25) is 4.34 Å². The molecule has 1 heterocycles. The Morgan fingerprint density at radius 3 is 2.42 bits per heavy atom. The number of carbonyl (C=O) groups excluding carboxylic acids is 1. The molecule has 1 N–H and O–H groups in total. The fraction of sp³-hybridized carbons (Fsp3) is 0.333. The molecule has 0 bridgehead atoms. The Morgan fingerprint density at radius 1 is 1.21 bits per heavy atom. The van der Waals surface area contributed by atoms with Crippen LogP contribution in [0.3, 0.4) is 0 Å². The Labute approximate surface area is 151 Å². The van der Waals surface area contributed by atoms with Gasteiger partial charge in [-0.05, 0) is 42.2 Å². The summed E-state index contributed by atoms with van der Waals surface area (Å²) in [5.74, 6) is 0.348. The zero-order valence-electron chi connectivity index (χ0n) is 14.2. The summed E-state index contributed by atoms with van der Waals surface area (Å²) < 4.78 is 6.17. The minimum atomic E-state index is -0.308. The van der Waals surface area contributed by atoms with E-state index in [0.717, 1.165) is 4.88 Å². The molecule has 0 atom stereocenters. The third-order valence-electron chi connectivity index (χ3n) is 3.37. The highest BCUT2D eigenvalue weighted by Crippen LogP contribution is 2.24. The number of hydrazone groups is 1. The normalized spacial score (nSPS) is 12.1. The minimum absolute atomic E-state index is 0.0865. The van der Waals surface area contributed by atoms with Gasteiger partial charge < -0.3 is 4.74 Å². The number of thiophene rings is 1. The summed E-state index contributed by atoms with van der Waals surface area (Å²) in [6, 6.07) is 11.4. The monoisotopic (exact) mass is 364 g/mol. The predicted molar refractivity (Wildman–Crippen MR) is 100 cm³/mol. The summed E-state index contributed by atoms with van der Waals surface area (Å²) in [4.78, 5) is 12.7. The molecule has 0 aliphatic carbocycles. The summed E-state index contributed by atoms with van der Waals surface area (Å²) in [5, 5.41) is 4.06. The SMILES string of the molecule is C/C(=N/NC(=O)COc1ccc(C(C)(C)C)cc1)c1ccc(Cl)s1. The molecular formula is C18H21ClN2O2S. The second-order valence-corrected chi connectivity index (χ2v) is 8.11. The van der Waals surface area contributed by atoms with Gasteiger partial charge in [-0.3, -0.25) is 4.79 Å². The van der Waals surface area contributed by atoms with Gasteiger partial charge in [-0.25, -0.2) is 5.43 Å². The number of nitrogens with zero attached hydrogens (tertiary/aromatic N) is 1. The zero-order chi connectivity index (χ0) is 17.7. The number of halogens is 1. The number of rotatable bonds is 5. The second-order valence-electron chi connectivity index (χ2n) is 6.40. The van der Waals surface area contributed by atoms with Crippen LogP contribution < -0.4 is 10.2 Å². The van der Waals surface area contributed by atoms with Crippen molar-refractivity contribution in [2.24, 2.45) is 5.10 Å². The highest BCUT2D eigenvalue weighted by molar-refractivity contribution is 7.18. The number of benzene rings is 1. The number of ether oxygens (including phenoxy) is 1. The van der Waals surface area contributed by atoms with Crippen LogP contribution in [0.1, 0.15) is 38.1 Å². The van der Waals surface area contributed by atoms with Gasteiger partial charge in [-0.1, -0.05) is 44.5 Å². The highest BCUT2D eigenvalue weighted by atomic mass is 35.5. The molecule has 0 fully saturated rings. The molecule has 6 heteroatoms. The van der Waals surface area contributed by atoms with Crippen molar-refractivity contribution in [2.45, 2.75) is 33.1 Å². The van der Waals surface area contributed by atoms with E-state index >= 15 is 0 Å². The second kappa shape index (κ2) is 7.81. The molecule has 128 valence electrons. The molecule has 24 heavy (non-hydrogen) atoms. The van der Waals surface area contributed by atoms with Gasteiger partial charge in [0.25, 0.3) is 5.91 Å². The molecule has 0 unspecified atom stereocenters. The molecule has 1 aromatic carbocycles. The smallest absolute Gasteiger partial charge is 0.277 e. The molecule has 0 aliphatic rings. The Morgan fingerprint density at radius 2 is 1.88 bits per heavy atom. The van der Waals surface area contributed by atoms with Gasteiger partial charge in [0.1, 0.15) is 5.75 Å². The van der Waals surface area contributed by atoms with Crippen molar-refractivity contribution in [3.63, 3.8) is 0 Å². The van der Waals surface area contributed by atoms with E-state index in [1.165, 1.54) is 16.9 Å². The molecule has 0 saturated heterocycles. The maximum atomic E-state index is 11.8. The number of nitrogens with one attached hydrogen (secondary N) is 1.